The van der Waals surface area contributed by atoms with Gasteiger partial charge in [0, 0.05) is 13.3 Å². The molecule has 9 rings (SSSR count). The SMILES string of the molecule is C.C.C.C.C.C.C.C.CC1=CCC(C)CC1.CC1=CCC(C)CC1.CC1CCC(C)CC1.CC1COC(C)OC1.CC1COC(C)OC1.Cc1ccc(C)c(F)c1.Cc1ccc(C)c(F)c1.Cc1ccc(C)c(F)c1F.Cc1ccc(C)cc1.[HH]. The lowest BCUT2D eigenvalue weighted by molar-refractivity contribution is -0.187. The number of allylic oxidation sites excluding steroid dienone is 4. The standard InChI is InChI=1S/C8H8F2.2C8H9F.C8H16.2C8H14.C8H10.2C6H12O2.8CH4.H2/c1-5-3-4-6(2)8(10)7(5)9;2*1-6-3-4-7(2)8(9)5-6;4*1-7-3-5-8(2)6-4-7;2*1-5-3-7-6(2)8-4-5;;;;;;;;;/h3-4H,1-2H3;2*3-5H,1-2H3;7-8H,3-6H2,1-2H3;2*3,8H,4-6H2,1-2H3;3-6H,1-2H3;2*5-6H,3-4H2,1-2H3;8*1H4;1H. The van der Waals surface area contributed by atoms with Crippen molar-refractivity contribution in [2.45, 2.75) is 261 Å². The third-order valence-electron chi connectivity index (χ3n) is 13.9. The maximum atomic E-state index is 12.6. The molecule has 8 heteroatoms. The average Bonchev–Trinajstić information content (AvgIpc) is 3.39. The van der Waals surface area contributed by atoms with Crippen LogP contribution in [0.25, 0.3) is 0 Å². The number of hydrogen-bond acceptors (Lipinski definition) is 4. The second-order valence-corrected chi connectivity index (χ2v) is 22.9. The van der Waals surface area contributed by atoms with Gasteiger partial charge in [0.25, 0.3) is 0 Å². The first-order valence-corrected chi connectivity index (χ1v) is 28.4. The number of benzene rings is 4. The molecular weight excluding hydrogens is 1050 g/mol. The molecule has 0 aromatic heterocycles. The Morgan fingerprint density at radius 3 is 0.774 bits per heavy atom. The Labute approximate surface area is 522 Å². The van der Waals surface area contributed by atoms with Crippen LogP contribution in [0, 0.1) is 114 Å². The number of rotatable bonds is 0. The highest BCUT2D eigenvalue weighted by Gasteiger charge is 2.15. The smallest absolute Gasteiger partial charge is 0.161 e. The van der Waals surface area contributed by atoms with Crippen molar-refractivity contribution in [1.82, 2.24) is 0 Å². The van der Waals surface area contributed by atoms with Gasteiger partial charge in [0.05, 0.1) is 26.4 Å². The molecule has 0 radical (unpaired) electrons. The normalized spacial score (nSPS) is 21.2. The Morgan fingerprint density at radius 1 is 0.321 bits per heavy atom. The van der Waals surface area contributed by atoms with Crippen molar-refractivity contribution < 1.29 is 37.9 Å². The maximum absolute atomic E-state index is 12.6. The van der Waals surface area contributed by atoms with Crippen molar-refractivity contribution in [3.63, 3.8) is 0 Å². The first-order valence-electron chi connectivity index (χ1n) is 28.4. The lowest BCUT2D eigenvalue weighted by atomic mass is 9.84. The average molecular weight is 1190 g/mol. The summed E-state index contributed by atoms with van der Waals surface area (Å²) in [6, 6.07) is 22.0. The molecular formula is C76H138F4O4. The summed E-state index contributed by atoms with van der Waals surface area (Å²) in [5.74, 6) is 3.37. The van der Waals surface area contributed by atoms with Gasteiger partial charge in [0.1, 0.15) is 11.6 Å². The zero-order valence-electron chi connectivity index (χ0n) is 50.7. The lowest BCUT2D eigenvalue weighted by Gasteiger charge is -2.24. The molecule has 2 atom stereocenters. The van der Waals surface area contributed by atoms with E-state index >= 15 is 0 Å². The topological polar surface area (TPSA) is 36.9 Å². The first kappa shape index (κ1) is 96.2. The third kappa shape index (κ3) is 47.1. The van der Waals surface area contributed by atoms with Gasteiger partial charge in [-0.25, -0.2) is 17.6 Å². The van der Waals surface area contributed by atoms with Crippen molar-refractivity contribution >= 4 is 0 Å². The van der Waals surface area contributed by atoms with E-state index < -0.39 is 11.6 Å². The van der Waals surface area contributed by atoms with E-state index in [0.717, 1.165) is 61.2 Å². The van der Waals surface area contributed by atoms with Gasteiger partial charge in [-0.3, -0.25) is 0 Å². The second-order valence-electron chi connectivity index (χ2n) is 22.9. The highest BCUT2D eigenvalue weighted by atomic mass is 19.2. The van der Waals surface area contributed by atoms with Crippen LogP contribution in [-0.2, 0) is 18.9 Å². The highest BCUT2D eigenvalue weighted by Crippen LogP contribution is 2.27. The van der Waals surface area contributed by atoms with E-state index in [-0.39, 0.29) is 85.1 Å². The van der Waals surface area contributed by atoms with E-state index in [2.05, 4.69) is 106 Å². The van der Waals surface area contributed by atoms with E-state index in [1.165, 1.54) is 101 Å². The van der Waals surface area contributed by atoms with Crippen LogP contribution < -0.4 is 0 Å². The third-order valence-corrected chi connectivity index (χ3v) is 13.9. The molecule has 0 amide bonds. The number of aryl methyl sites for hydroxylation is 8. The van der Waals surface area contributed by atoms with Gasteiger partial charge in [0.2, 0.25) is 0 Å². The summed E-state index contributed by atoms with van der Waals surface area (Å²) in [4.78, 5) is 0. The van der Waals surface area contributed by atoms with Crippen molar-refractivity contribution in [2.75, 3.05) is 26.4 Å². The van der Waals surface area contributed by atoms with Crippen LogP contribution in [0.2, 0.25) is 0 Å². The zero-order valence-corrected chi connectivity index (χ0v) is 50.7. The monoisotopic (exact) mass is 1190 g/mol. The van der Waals surface area contributed by atoms with E-state index in [4.69, 9.17) is 18.9 Å². The first-order chi connectivity index (χ1) is 35.7. The molecule has 2 heterocycles. The molecule has 2 unspecified atom stereocenters. The van der Waals surface area contributed by atoms with Crippen LogP contribution in [0.15, 0.2) is 96.1 Å². The summed E-state index contributed by atoms with van der Waals surface area (Å²) in [5, 5.41) is 0. The molecule has 494 valence electrons. The maximum Gasteiger partial charge on any atom is 0.161 e. The Balaban J connectivity index is -0.000000108. The Kier molecular flexibility index (Phi) is 62.2. The fraction of sp³-hybridized carbons (Fsp3) is 0.632. The van der Waals surface area contributed by atoms with Gasteiger partial charge in [-0.1, -0.05) is 222 Å². The second kappa shape index (κ2) is 54.3. The predicted octanol–water partition coefficient (Wildman–Crippen LogP) is 25.5. The van der Waals surface area contributed by atoms with Crippen molar-refractivity contribution in [3.8, 4) is 0 Å². The molecule has 84 heavy (non-hydrogen) atoms. The summed E-state index contributed by atoms with van der Waals surface area (Å²) in [6.45, 7) is 39.9. The summed E-state index contributed by atoms with van der Waals surface area (Å²) in [7, 11) is 0. The van der Waals surface area contributed by atoms with Crippen LogP contribution >= 0.6 is 0 Å². The minimum absolute atomic E-state index is 0. The molecule has 0 bridgehead atoms. The van der Waals surface area contributed by atoms with Gasteiger partial charge in [-0.15, -0.1) is 0 Å². The van der Waals surface area contributed by atoms with Crippen LogP contribution in [0.5, 0.6) is 0 Å². The molecule has 1 saturated carbocycles. The molecule has 4 nitrogen and oxygen atoms in total. The molecule has 5 aliphatic rings. The predicted molar refractivity (Wildman–Crippen MR) is 371 cm³/mol. The summed E-state index contributed by atoms with van der Waals surface area (Å²) in [6.07, 6.45) is 18.8. The Hall–Kier alpha value is -4.08. The highest BCUT2D eigenvalue weighted by molar-refractivity contribution is 5.25. The summed E-state index contributed by atoms with van der Waals surface area (Å²) < 4.78 is 71.1. The van der Waals surface area contributed by atoms with Gasteiger partial charge in [-0.2, -0.15) is 0 Å². The van der Waals surface area contributed by atoms with Crippen molar-refractivity contribution in [1.29, 1.82) is 0 Å². The fourth-order valence-corrected chi connectivity index (χ4v) is 7.79. The van der Waals surface area contributed by atoms with Crippen molar-refractivity contribution in [2.24, 2.45) is 35.5 Å². The lowest BCUT2D eigenvalue weighted by Crippen LogP contribution is -2.27. The van der Waals surface area contributed by atoms with E-state index in [1.54, 1.807) is 49.3 Å². The molecule has 0 spiro atoms. The van der Waals surface area contributed by atoms with Crippen molar-refractivity contribution in [3.05, 3.63) is 164 Å². The summed E-state index contributed by atoms with van der Waals surface area (Å²) in [5.41, 5.74) is 9.89. The minimum atomic E-state index is -0.736. The molecule has 4 aromatic rings. The van der Waals surface area contributed by atoms with Crippen LogP contribution in [-0.4, -0.2) is 39.0 Å². The van der Waals surface area contributed by atoms with E-state index in [0.29, 0.717) is 34.1 Å². The fourth-order valence-electron chi connectivity index (χ4n) is 7.79. The number of ether oxygens (including phenoxy) is 4. The molecule has 4 aromatic carbocycles. The quantitative estimate of drug-likeness (QED) is 0.130. The largest absolute Gasteiger partial charge is 0.353 e. The minimum Gasteiger partial charge on any atom is -0.353 e. The molecule has 3 aliphatic carbocycles. The Morgan fingerprint density at radius 2 is 0.571 bits per heavy atom. The van der Waals surface area contributed by atoms with E-state index in [9.17, 15) is 17.6 Å². The number of hydrogen-bond donors (Lipinski definition) is 0. The van der Waals surface area contributed by atoms with Gasteiger partial charge >= 0.3 is 0 Å². The van der Waals surface area contributed by atoms with Crippen LogP contribution in [0.4, 0.5) is 17.6 Å². The Bertz CT molecular complexity index is 2020. The number of halogens is 4. The van der Waals surface area contributed by atoms with E-state index in [1.807, 2.05) is 39.8 Å². The summed E-state index contributed by atoms with van der Waals surface area (Å²) >= 11 is 0. The molecule has 2 aliphatic heterocycles. The molecule has 2 saturated heterocycles. The van der Waals surface area contributed by atoms with Gasteiger partial charge in [0.15, 0.2) is 24.2 Å². The van der Waals surface area contributed by atoms with Gasteiger partial charge in [-0.05, 0) is 191 Å². The van der Waals surface area contributed by atoms with Crippen LogP contribution in [0.3, 0.4) is 0 Å². The van der Waals surface area contributed by atoms with Gasteiger partial charge < -0.3 is 18.9 Å². The van der Waals surface area contributed by atoms with Crippen LogP contribution in [0.1, 0.15) is 239 Å². The zero-order chi connectivity index (χ0) is 57.3. The molecule has 3 fully saturated rings. The molecule has 0 N–H and O–H groups in total.